The van der Waals surface area contributed by atoms with E-state index >= 15 is 0 Å². The number of nitrogens with two attached hydrogens (primary N) is 1. The van der Waals surface area contributed by atoms with Crippen molar-refractivity contribution < 1.29 is 33.0 Å². The zero-order valence-corrected chi connectivity index (χ0v) is 18.8. The van der Waals surface area contributed by atoms with Crippen LogP contribution in [0.15, 0.2) is 53.1 Å². The number of primary amides is 1. The molecule has 5 atom stereocenters. The van der Waals surface area contributed by atoms with Gasteiger partial charge in [-0.1, -0.05) is 30.3 Å². The van der Waals surface area contributed by atoms with Gasteiger partial charge in [0.2, 0.25) is 11.8 Å². The van der Waals surface area contributed by atoms with Crippen LogP contribution >= 0.6 is 0 Å². The van der Waals surface area contributed by atoms with E-state index in [1.54, 1.807) is 26.0 Å². The van der Waals surface area contributed by atoms with E-state index in [1.165, 1.54) is 18.3 Å². The number of nitrogens with zero attached hydrogens (tertiary/aromatic N) is 1. The number of rotatable bonds is 8. The molecule has 2 aromatic rings. The number of fused-ring (bicyclic) bond motifs is 1. The average molecular weight is 459 g/mol. The molecule has 33 heavy (non-hydrogen) atoms. The van der Waals surface area contributed by atoms with Gasteiger partial charge in [0.1, 0.15) is 18.3 Å². The van der Waals surface area contributed by atoms with Gasteiger partial charge >= 0.3 is 6.03 Å². The number of hydrogen-bond donors (Lipinski definition) is 2. The first kappa shape index (κ1) is 23.2. The monoisotopic (exact) mass is 459 g/mol. The van der Waals surface area contributed by atoms with Crippen molar-refractivity contribution in [2.45, 2.75) is 63.2 Å². The van der Waals surface area contributed by atoms with Crippen molar-refractivity contribution in [2.75, 3.05) is 12.0 Å². The van der Waals surface area contributed by atoms with Crippen molar-refractivity contribution in [3.05, 3.63) is 54.3 Å². The van der Waals surface area contributed by atoms with E-state index in [2.05, 4.69) is 5.32 Å². The molecule has 2 fully saturated rings. The molecule has 10 nitrogen and oxygen atoms in total. The SMILES string of the molecule is CO[C@@H]1[C@H]2OC(C)(C)O[C@H]2O[C@@H]1[C@H](CC(N)=O)N(C(=O)NCc1ccccc1)c1ccco1. The Hall–Kier alpha value is -2.92. The van der Waals surface area contributed by atoms with Gasteiger partial charge in [0.05, 0.1) is 18.7 Å². The first-order valence-electron chi connectivity index (χ1n) is 10.8. The van der Waals surface area contributed by atoms with E-state index in [0.29, 0.717) is 0 Å². The predicted octanol–water partition coefficient (Wildman–Crippen LogP) is 2.13. The molecule has 0 radical (unpaired) electrons. The summed E-state index contributed by atoms with van der Waals surface area (Å²) in [6.45, 7) is 3.85. The predicted molar refractivity (Wildman–Crippen MR) is 117 cm³/mol. The van der Waals surface area contributed by atoms with Crippen molar-refractivity contribution in [3.8, 4) is 0 Å². The lowest BCUT2D eigenvalue weighted by molar-refractivity contribution is -0.218. The van der Waals surface area contributed by atoms with Gasteiger partial charge in [0, 0.05) is 19.7 Å². The third-order valence-corrected chi connectivity index (χ3v) is 5.67. The molecule has 0 aliphatic carbocycles. The third kappa shape index (κ3) is 5.03. The van der Waals surface area contributed by atoms with Crippen molar-refractivity contribution in [2.24, 2.45) is 5.73 Å². The maximum Gasteiger partial charge on any atom is 0.324 e. The minimum absolute atomic E-state index is 0.188. The Morgan fingerprint density at radius 1 is 1.18 bits per heavy atom. The van der Waals surface area contributed by atoms with Gasteiger partial charge < -0.3 is 34.4 Å². The van der Waals surface area contributed by atoms with Gasteiger partial charge in [-0.3, -0.25) is 9.69 Å². The summed E-state index contributed by atoms with van der Waals surface area (Å²) in [5, 5.41) is 2.88. The summed E-state index contributed by atoms with van der Waals surface area (Å²) in [6.07, 6.45) is -1.36. The van der Waals surface area contributed by atoms with Gasteiger partial charge in [-0.25, -0.2) is 4.79 Å². The van der Waals surface area contributed by atoms with Gasteiger partial charge in [0.25, 0.3) is 0 Å². The highest BCUT2D eigenvalue weighted by Gasteiger charge is 2.58. The van der Waals surface area contributed by atoms with Gasteiger partial charge in [-0.05, 0) is 25.5 Å². The highest BCUT2D eigenvalue weighted by Crippen LogP contribution is 2.41. The van der Waals surface area contributed by atoms with Crippen molar-refractivity contribution in [3.63, 3.8) is 0 Å². The minimum Gasteiger partial charge on any atom is -0.448 e. The summed E-state index contributed by atoms with van der Waals surface area (Å²) in [5.74, 6) is -1.21. The summed E-state index contributed by atoms with van der Waals surface area (Å²) in [4.78, 5) is 26.8. The Morgan fingerprint density at radius 2 is 1.94 bits per heavy atom. The Kier molecular flexibility index (Phi) is 6.71. The van der Waals surface area contributed by atoms with Gasteiger partial charge in [-0.2, -0.15) is 0 Å². The fourth-order valence-corrected chi connectivity index (χ4v) is 4.32. The molecule has 1 aromatic heterocycles. The summed E-state index contributed by atoms with van der Waals surface area (Å²) in [6, 6.07) is 11.4. The first-order valence-corrected chi connectivity index (χ1v) is 10.8. The zero-order valence-electron chi connectivity index (χ0n) is 18.8. The molecule has 10 heteroatoms. The molecule has 3 N–H and O–H groups in total. The van der Waals surface area contributed by atoms with Crippen LogP contribution in [0.1, 0.15) is 25.8 Å². The van der Waals surface area contributed by atoms with Crippen LogP contribution < -0.4 is 16.0 Å². The van der Waals surface area contributed by atoms with Crippen LogP contribution in [-0.4, -0.2) is 55.5 Å². The fraction of sp³-hybridized carbons (Fsp3) is 0.478. The second-order valence-electron chi connectivity index (χ2n) is 8.47. The lowest BCUT2D eigenvalue weighted by Gasteiger charge is -2.36. The number of amides is 3. The smallest absolute Gasteiger partial charge is 0.324 e. The second-order valence-corrected chi connectivity index (χ2v) is 8.47. The molecule has 0 unspecified atom stereocenters. The highest BCUT2D eigenvalue weighted by molar-refractivity contribution is 5.92. The number of anilines is 1. The standard InChI is InChI=1S/C23H29N3O7/c1-23(2)32-20-19(29-3)18(31-21(20)33-23)15(12-16(24)27)26(17-10-7-11-30-17)22(28)25-13-14-8-5-4-6-9-14/h4-11,15,18-21H,12-13H2,1-3H3,(H2,24,27)(H,25,28)/t15-,18+,19-,20+,21+/m0/s1. The van der Waals surface area contributed by atoms with E-state index in [1.807, 2.05) is 30.3 Å². The van der Waals surface area contributed by atoms with Gasteiger partial charge in [-0.15, -0.1) is 0 Å². The van der Waals surface area contributed by atoms with Gasteiger partial charge in [0.15, 0.2) is 12.1 Å². The van der Waals surface area contributed by atoms with E-state index in [0.717, 1.165) is 5.56 Å². The number of ether oxygens (including phenoxy) is 4. The average Bonchev–Trinajstić information content (AvgIpc) is 3.47. The molecule has 178 valence electrons. The zero-order chi connectivity index (χ0) is 23.6. The number of furan rings is 1. The van der Waals surface area contributed by atoms with Crippen LogP contribution in [0.4, 0.5) is 10.7 Å². The Morgan fingerprint density at radius 3 is 2.58 bits per heavy atom. The second kappa shape index (κ2) is 9.52. The lowest BCUT2D eigenvalue weighted by atomic mass is 9.98. The summed E-state index contributed by atoms with van der Waals surface area (Å²) >= 11 is 0. The van der Waals surface area contributed by atoms with Crippen LogP contribution in [-0.2, 0) is 30.3 Å². The summed E-state index contributed by atoms with van der Waals surface area (Å²) in [7, 11) is 1.52. The summed E-state index contributed by atoms with van der Waals surface area (Å²) < 4.78 is 29.2. The molecule has 3 heterocycles. The fourth-order valence-electron chi connectivity index (χ4n) is 4.32. The van der Waals surface area contributed by atoms with Crippen LogP contribution in [0.2, 0.25) is 0 Å². The molecule has 4 rings (SSSR count). The quantitative estimate of drug-likeness (QED) is 0.619. The Labute approximate surface area is 191 Å². The van der Waals surface area contributed by atoms with E-state index in [9.17, 15) is 9.59 Å². The molecule has 2 saturated heterocycles. The molecule has 1 aromatic carbocycles. The number of nitrogens with one attached hydrogen (secondary N) is 1. The topological polar surface area (TPSA) is 125 Å². The van der Waals surface area contributed by atoms with Crippen molar-refractivity contribution in [1.29, 1.82) is 0 Å². The molecule has 0 spiro atoms. The Bertz CT molecular complexity index is 950. The number of methoxy groups -OCH3 is 1. The van der Waals surface area contributed by atoms with Crippen LogP contribution in [0.25, 0.3) is 0 Å². The maximum atomic E-state index is 13.4. The maximum absolute atomic E-state index is 13.4. The number of carbonyl (C=O) groups is 2. The molecule has 3 amide bonds. The molecular weight excluding hydrogens is 430 g/mol. The highest BCUT2D eigenvalue weighted by atomic mass is 16.8. The normalized spacial score (nSPS) is 26.5. The molecule has 0 bridgehead atoms. The number of benzene rings is 1. The minimum atomic E-state index is -0.843. The first-order chi connectivity index (χ1) is 15.8. The molecule has 2 aliphatic heterocycles. The lowest BCUT2D eigenvalue weighted by Crippen LogP contribution is -2.56. The van der Waals surface area contributed by atoms with Crippen LogP contribution in [0.3, 0.4) is 0 Å². The van der Waals surface area contributed by atoms with E-state index in [4.69, 9.17) is 29.1 Å². The van der Waals surface area contributed by atoms with E-state index < -0.39 is 48.4 Å². The largest absolute Gasteiger partial charge is 0.448 e. The van der Waals surface area contributed by atoms with Crippen LogP contribution in [0.5, 0.6) is 0 Å². The number of urea groups is 1. The molecule has 0 saturated carbocycles. The summed E-state index contributed by atoms with van der Waals surface area (Å²) in [5.41, 5.74) is 6.49. The van der Waals surface area contributed by atoms with E-state index in [-0.39, 0.29) is 18.8 Å². The molecular formula is C23H29N3O7. The van der Waals surface area contributed by atoms with Crippen molar-refractivity contribution in [1.82, 2.24) is 5.32 Å². The number of carbonyl (C=O) groups excluding carboxylic acids is 2. The Balaban J connectivity index is 1.62. The van der Waals surface area contributed by atoms with Crippen LogP contribution in [0, 0.1) is 0 Å². The van der Waals surface area contributed by atoms with Crippen molar-refractivity contribution >= 4 is 17.8 Å². The number of hydrogen-bond acceptors (Lipinski definition) is 7. The molecule has 2 aliphatic rings. The third-order valence-electron chi connectivity index (χ3n) is 5.67.